The van der Waals surface area contributed by atoms with Gasteiger partial charge in [0, 0.05) is 25.6 Å². The highest BCUT2D eigenvalue weighted by atomic mass is 16.3. The van der Waals surface area contributed by atoms with E-state index >= 15 is 0 Å². The number of carbonyl (C=O) groups excluding carboxylic acids is 1. The molecule has 0 spiro atoms. The maximum Gasteiger partial charge on any atom is 0.257 e. The smallest absolute Gasteiger partial charge is 0.257 e. The molecular weight excluding hydrogens is 204 g/mol. The maximum absolute atomic E-state index is 12.2. The normalized spacial score (nSPS) is 10.8. The Morgan fingerprint density at radius 1 is 1.56 bits per heavy atom. The fourth-order valence-corrected chi connectivity index (χ4v) is 1.69. The molecule has 1 amide bonds. The van der Waals surface area contributed by atoms with Crippen molar-refractivity contribution in [3.63, 3.8) is 0 Å². The summed E-state index contributed by atoms with van der Waals surface area (Å²) in [6, 6.07) is 1.88. The topological polar surface area (TPSA) is 59.5 Å². The van der Waals surface area contributed by atoms with Gasteiger partial charge in [-0.05, 0) is 19.9 Å². The van der Waals surface area contributed by atoms with E-state index in [0.29, 0.717) is 18.7 Å². The molecule has 0 aliphatic rings. The average molecular weight is 224 g/mol. The van der Waals surface area contributed by atoms with Crippen LogP contribution in [-0.2, 0) is 6.42 Å². The lowest BCUT2D eigenvalue weighted by Gasteiger charge is -2.26. The molecule has 0 aliphatic carbocycles. The third kappa shape index (κ3) is 2.64. The van der Waals surface area contributed by atoms with Crippen molar-refractivity contribution in [2.24, 2.45) is 5.73 Å². The first-order chi connectivity index (χ1) is 7.61. The van der Waals surface area contributed by atoms with Crippen LogP contribution in [0, 0.1) is 0 Å². The van der Waals surface area contributed by atoms with Gasteiger partial charge < -0.3 is 15.1 Å². The molecule has 1 aromatic heterocycles. The van der Waals surface area contributed by atoms with E-state index in [1.54, 1.807) is 17.2 Å². The molecule has 2 N–H and O–H groups in total. The largest absolute Gasteiger partial charge is 0.469 e. The Labute approximate surface area is 96.4 Å². The van der Waals surface area contributed by atoms with Gasteiger partial charge in [0.25, 0.3) is 5.91 Å². The summed E-state index contributed by atoms with van der Waals surface area (Å²) in [6.45, 7) is 6.99. The van der Waals surface area contributed by atoms with Crippen molar-refractivity contribution >= 4 is 5.91 Å². The van der Waals surface area contributed by atoms with Crippen molar-refractivity contribution in [3.05, 3.63) is 23.7 Å². The third-order valence-electron chi connectivity index (χ3n) is 2.55. The second kappa shape index (κ2) is 5.70. The quantitative estimate of drug-likeness (QED) is 0.827. The van der Waals surface area contributed by atoms with E-state index in [0.717, 1.165) is 12.2 Å². The number of carbonyl (C=O) groups is 1. The summed E-state index contributed by atoms with van der Waals surface area (Å²) in [5.74, 6) is 0.749. The molecule has 0 radical (unpaired) electrons. The molecular formula is C12H20N2O2. The summed E-state index contributed by atoms with van der Waals surface area (Å²) in [5, 5.41) is 0. The van der Waals surface area contributed by atoms with Gasteiger partial charge in [-0.25, -0.2) is 0 Å². The number of rotatable bonds is 5. The highest BCUT2D eigenvalue weighted by molar-refractivity contribution is 5.95. The van der Waals surface area contributed by atoms with Gasteiger partial charge in [0.2, 0.25) is 0 Å². The minimum Gasteiger partial charge on any atom is -0.469 e. The zero-order chi connectivity index (χ0) is 12.1. The van der Waals surface area contributed by atoms with Crippen LogP contribution in [0.5, 0.6) is 0 Å². The first-order valence-corrected chi connectivity index (χ1v) is 5.69. The molecule has 4 heteroatoms. The number of aryl methyl sites for hydroxylation is 1. The monoisotopic (exact) mass is 224 g/mol. The Balaban J connectivity index is 2.90. The van der Waals surface area contributed by atoms with Crippen LogP contribution in [0.3, 0.4) is 0 Å². The number of nitrogens with zero attached hydrogens (tertiary/aromatic N) is 1. The summed E-state index contributed by atoms with van der Waals surface area (Å²) >= 11 is 0. The van der Waals surface area contributed by atoms with Crippen molar-refractivity contribution in [2.45, 2.75) is 33.2 Å². The van der Waals surface area contributed by atoms with E-state index < -0.39 is 0 Å². The first-order valence-electron chi connectivity index (χ1n) is 5.69. The molecule has 90 valence electrons. The molecule has 4 nitrogen and oxygen atoms in total. The Bertz CT molecular complexity index is 345. The fourth-order valence-electron chi connectivity index (χ4n) is 1.69. The van der Waals surface area contributed by atoms with Gasteiger partial charge >= 0.3 is 0 Å². The van der Waals surface area contributed by atoms with E-state index in [9.17, 15) is 4.79 Å². The lowest BCUT2D eigenvalue weighted by Crippen LogP contribution is -2.40. The van der Waals surface area contributed by atoms with Gasteiger partial charge in [0.1, 0.15) is 5.76 Å². The number of amides is 1. The van der Waals surface area contributed by atoms with Crippen molar-refractivity contribution in [3.8, 4) is 0 Å². The van der Waals surface area contributed by atoms with Gasteiger partial charge in [-0.15, -0.1) is 0 Å². The molecule has 1 rings (SSSR count). The molecule has 0 atom stereocenters. The summed E-state index contributed by atoms with van der Waals surface area (Å²) < 4.78 is 5.26. The van der Waals surface area contributed by atoms with Crippen LogP contribution in [0.1, 0.15) is 36.9 Å². The van der Waals surface area contributed by atoms with Crippen LogP contribution < -0.4 is 5.73 Å². The lowest BCUT2D eigenvalue weighted by molar-refractivity contribution is 0.0709. The van der Waals surface area contributed by atoms with Crippen LogP contribution in [-0.4, -0.2) is 29.9 Å². The number of furan rings is 1. The van der Waals surface area contributed by atoms with Crippen molar-refractivity contribution < 1.29 is 9.21 Å². The van der Waals surface area contributed by atoms with Crippen molar-refractivity contribution in [2.75, 3.05) is 13.1 Å². The van der Waals surface area contributed by atoms with Crippen molar-refractivity contribution in [1.82, 2.24) is 4.90 Å². The molecule has 16 heavy (non-hydrogen) atoms. The van der Waals surface area contributed by atoms with E-state index in [1.807, 2.05) is 20.8 Å². The number of nitrogens with two attached hydrogens (primary N) is 1. The Kier molecular flexibility index (Phi) is 4.55. The van der Waals surface area contributed by atoms with E-state index in [-0.39, 0.29) is 11.9 Å². The van der Waals surface area contributed by atoms with Crippen molar-refractivity contribution in [1.29, 1.82) is 0 Å². The second-order valence-electron chi connectivity index (χ2n) is 3.99. The van der Waals surface area contributed by atoms with Gasteiger partial charge in [0.05, 0.1) is 11.8 Å². The molecule has 0 unspecified atom stereocenters. The maximum atomic E-state index is 12.2. The third-order valence-corrected chi connectivity index (χ3v) is 2.55. The minimum atomic E-state index is 0.00560. The fraction of sp³-hybridized carbons (Fsp3) is 0.583. The summed E-state index contributed by atoms with van der Waals surface area (Å²) in [7, 11) is 0. The second-order valence-corrected chi connectivity index (χ2v) is 3.99. The molecule has 0 bridgehead atoms. The standard InChI is InChI=1S/C12H20N2O2/c1-4-11-10(5-8-16-11)12(15)14(7-6-13)9(2)3/h5,8-9H,4,6-7,13H2,1-3H3. The molecule has 0 saturated heterocycles. The molecule has 0 aliphatic heterocycles. The van der Waals surface area contributed by atoms with E-state index in [4.69, 9.17) is 10.2 Å². The van der Waals surface area contributed by atoms with Crippen LogP contribution in [0.25, 0.3) is 0 Å². The predicted molar refractivity (Wildman–Crippen MR) is 63.3 cm³/mol. The Hall–Kier alpha value is -1.29. The molecule has 0 aromatic carbocycles. The minimum absolute atomic E-state index is 0.00560. The van der Waals surface area contributed by atoms with E-state index in [1.165, 1.54) is 0 Å². The van der Waals surface area contributed by atoms with Gasteiger partial charge in [0.15, 0.2) is 0 Å². The highest BCUT2D eigenvalue weighted by Gasteiger charge is 2.21. The molecule has 1 aromatic rings. The number of hydrogen-bond acceptors (Lipinski definition) is 3. The Morgan fingerprint density at radius 3 is 2.75 bits per heavy atom. The zero-order valence-corrected chi connectivity index (χ0v) is 10.2. The van der Waals surface area contributed by atoms with Crippen LogP contribution in [0.2, 0.25) is 0 Å². The molecule has 0 fully saturated rings. The molecule has 1 heterocycles. The van der Waals surface area contributed by atoms with Crippen LogP contribution in [0.4, 0.5) is 0 Å². The summed E-state index contributed by atoms with van der Waals surface area (Å²) in [4.78, 5) is 14.0. The van der Waals surface area contributed by atoms with E-state index in [2.05, 4.69) is 0 Å². The first kappa shape index (κ1) is 12.8. The van der Waals surface area contributed by atoms with Crippen LogP contribution >= 0.6 is 0 Å². The van der Waals surface area contributed by atoms with Gasteiger partial charge in [-0.2, -0.15) is 0 Å². The highest BCUT2D eigenvalue weighted by Crippen LogP contribution is 2.15. The summed E-state index contributed by atoms with van der Waals surface area (Å²) in [6.07, 6.45) is 2.29. The Morgan fingerprint density at radius 2 is 2.25 bits per heavy atom. The average Bonchev–Trinajstić information content (AvgIpc) is 2.72. The number of hydrogen-bond donors (Lipinski definition) is 1. The molecule has 0 saturated carbocycles. The zero-order valence-electron chi connectivity index (χ0n) is 10.2. The SMILES string of the molecule is CCc1occc1C(=O)N(CCN)C(C)C. The van der Waals surface area contributed by atoms with Gasteiger partial charge in [-0.3, -0.25) is 4.79 Å². The predicted octanol–water partition coefficient (Wildman–Crippen LogP) is 1.65. The van der Waals surface area contributed by atoms with Crippen LogP contribution in [0.15, 0.2) is 16.7 Å². The summed E-state index contributed by atoms with van der Waals surface area (Å²) in [5.41, 5.74) is 6.17. The van der Waals surface area contributed by atoms with Gasteiger partial charge in [-0.1, -0.05) is 6.92 Å². The lowest BCUT2D eigenvalue weighted by atomic mass is 10.1.